The van der Waals surface area contributed by atoms with E-state index in [4.69, 9.17) is 0 Å². The van der Waals surface area contributed by atoms with Crippen LogP contribution in [0, 0.1) is 34.5 Å². The third kappa shape index (κ3) is 2.60. The lowest BCUT2D eigenvalue weighted by Gasteiger charge is -2.60. The summed E-state index contributed by atoms with van der Waals surface area (Å²) < 4.78 is 1.85. The van der Waals surface area contributed by atoms with Gasteiger partial charge < -0.3 is 5.11 Å². The van der Waals surface area contributed by atoms with Gasteiger partial charge in [-0.3, -0.25) is 4.68 Å². The predicted molar refractivity (Wildman–Crippen MR) is 109 cm³/mol. The Kier molecular flexibility index (Phi) is 4.13. The van der Waals surface area contributed by atoms with Gasteiger partial charge in [0.25, 0.3) is 0 Å². The lowest BCUT2D eigenvalue weighted by Crippen LogP contribution is -2.53. The van der Waals surface area contributed by atoms with Crippen molar-refractivity contribution in [2.75, 3.05) is 0 Å². The van der Waals surface area contributed by atoms with Crippen molar-refractivity contribution in [2.45, 2.75) is 77.7 Å². The molecule has 7 atom stereocenters. The molecule has 27 heavy (non-hydrogen) atoms. The van der Waals surface area contributed by atoms with Crippen LogP contribution in [-0.4, -0.2) is 21.0 Å². The quantitative estimate of drug-likeness (QED) is 0.739. The van der Waals surface area contributed by atoms with Crippen molar-refractivity contribution in [3.63, 3.8) is 0 Å². The van der Waals surface area contributed by atoms with E-state index in [1.807, 2.05) is 17.9 Å². The summed E-state index contributed by atoms with van der Waals surface area (Å²) in [5.41, 5.74) is 3.04. The second-order valence-electron chi connectivity index (χ2n) is 10.7. The van der Waals surface area contributed by atoms with Gasteiger partial charge in [0, 0.05) is 24.2 Å². The zero-order valence-corrected chi connectivity index (χ0v) is 17.3. The summed E-state index contributed by atoms with van der Waals surface area (Å²) >= 11 is 0. The molecule has 148 valence electrons. The van der Waals surface area contributed by atoms with Gasteiger partial charge in [0.2, 0.25) is 0 Å². The molecule has 1 heterocycles. The Bertz CT molecular complexity index is 751. The average Bonchev–Trinajstić information content (AvgIpc) is 3.16. The summed E-state index contributed by atoms with van der Waals surface area (Å²) in [4.78, 5) is 0. The highest BCUT2D eigenvalue weighted by molar-refractivity contribution is 5.54. The van der Waals surface area contributed by atoms with Crippen LogP contribution in [-0.2, 0) is 7.05 Å². The van der Waals surface area contributed by atoms with E-state index in [1.165, 1.54) is 56.9 Å². The molecule has 0 aliphatic heterocycles. The van der Waals surface area contributed by atoms with Gasteiger partial charge in [0.15, 0.2) is 0 Å². The summed E-state index contributed by atoms with van der Waals surface area (Å²) in [7, 11) is 1.96. The molecule has 0 saturated heterocycles. The molecule has 0 radical (unpaired) electrons. The molecule has 5 rings (SSSR count). The molecule has 0 amide bonds. The van der Waals surface area contributed by atoms with E-state index in [-0.39, 0.29) is 11.5 Å². The smallest absolute Gasteiger partial charge is 0.0809 e. The van der Waals surface area contributed by atoms with Gasteiger partial charge in [-0.25, -0.2) is 0 Å². The van der Waals surface area contributed by atoms with Crippen molar-refractivity contribution in [2.24, 2.45) is 41.5 Å². The molecule has 0 spiro atoms. The lowest BCUT2D eigenvalue weighted by atomic mass is 9.45. The summed E-state index contributed by atoms with van der Waals surface area (Å²) in [6.07, 6.45) is 18.2. The molecule has 1 aromatic heterocycles. The predicted octanol–water partition coefficient (Wildman–Crippen LogP) is 5.21. The van der Waals surface area contributed by atoms with Gasteiger partial charge >= 0.3 is 0 Å². The Labute approximate surface area is 164 Å². The number of fused-ring (bicyclic) bond motifs is 5. The van der Waals surface area contributed by atoms with Crippen LogP contribution < -0.4 is 0 Å². The van der Waals surface area contributed by atoms with E-state index in [1.54, 1.807) is 0 Å². The van der Waals surface area contributed by atoms with Crippen LogP contribution >= 0.6 is 0 Å². The minimum Gasteiger partial charge on any atom is -0.388 e. The van der Waals surface area contributed by atoms with Gasteiger partial charge in [-0.05, 0) is 79.6 Å². The van der Waals surface area contributed by atoms with Crippen LogP contribution in [0.1, 0.15) is 77.2 Å². The fourth-order valence-corrected chi connectivity index (χ4v) is 8.02. The van der Waals surface area contributed by atoms with E-state index >= 15 is 0 Å². The van der Waals surface area contributed by atoms with E-state index in [2.05, 4.69) is 31.2 Å². The van der Waals surface area contributed by atoms with Crippen LogP contribution in [0.4, 0.5) is 0 Å². The molecular formula is C24H36N2O. The zero-order valence-electron chi connectivity index (χ0n) is 17.3. The second-order valence-corrected chi connectivity index (χ2v) is 10.7. The van der Waals surface area contributed by atoms with E-state index in [0.717, 1.165) is 29.7 Å². The number of aryl methyl sites for hydroxylation is 1. The highest BCUT2D eigenvalue weighted by Crippen LogP contribution is 2.66. The van der Waals surface area contributed by atoms with Crippen molar-refractivity contribution in [1.82, 2.24) is 9.78 Å². The minimum absolute atomic E-state index is 0.0765. The standard InChI is InChI=1S/C24H36N2O/c1-23-10-5-4-6-18(23)7-8-19-20(23)9-11-24(2)21(19)13-17(22(24)27)12-16-14-25-26(3)15-16/h12,14-15,18-22,27H,4-11,13H2,1-3H3/b17-12+/t18-,19+,20-,21-,22+,23-,24-/m0/s1. The number of rotatable bonds is 1. The molecule has 0 bridgehead atoms. The zero-order chi connectivity index (χ0) is 18.8. The molecule has 4 aliphatic rings. The van der Waals surface area contributed by atoms with Gasteiger partial charge in [-0.15, -0.1) is 0 Å². The molecule has 4 aliphatic carbocycles. The molecule has 4 saturated carbocycles. The first-order valence-electron chi connectivity index (χ1n) is 11.3. The molecule has 3 heteroatoms. The number of aliphatic hydroxyl groups excluding tert-OH is 1. The van der Waals surface area contributed by atoms with Crippen LogP contribution in [0.25, 0.3) is 6.08 Å². The molecule has 4 fully saturated rings. The third-order valence-electron chi connectivity index (χ3n) is 9.53. The van der Waals surface area contributed by atoms with E-state index in [9.17, 15) is 5.11 Å². The molecule has 0 unspecified atom stereocenters. The number of hydrogen-bond donors (Lipinski definition) is 1. The van der Waals surface area contributed by atoms with E-state index in [0.29, 0.717) is 11.3 Å². The van der Waals surface area contributed by atoms with Crippen molar-refractivity contribution in [3.8, 4) is 0 Å². The Balaban J connectivity index is 1.45. The summed E-state index contributed by atoms with van der Waals surface area (Å²) in [6.45, 7) is 5.02. The Morgan fingerprint density at radius 3 is 2.70 bits per heavy atom. The molecule has 1 aromatic rings. The van der Waals surface area contributed by atoms with Gasteiger partial charge in [-0.2, -0.15) is 5.10 Å². The Morgan fingerprint density at radius 1 is 1.07 bits per heavy atom. The first-order valence-corrected chi connectivity index (χ1v) is 11.3. The maximum Gasteiger partial charge on any atom is 0.0809 e. The average molecular weight is 369 g/mol. The van der Waals surface area contributed by atoms with Crippen LogP contribution in [0.5, 0.6) is 0 Å². The molecule has 0 aromatic carbocycles. The highest BCUT2D eigenvalue weighted by Gasteiger charge is 2.60. The van der Waals surface area contributed by atoms with Crippen LogP contribution in [0.3, 0.4) is 0 Å². The highest BCUT2D eigenvalue weighted by atomic mass is 16.3. The lowest BCUT2D eigenvalue weighted by molar-refractivity contribution is -0.119. The molecule has 1 N–H and O–H groups in total. The molecule has 3 nitrogen and oxygen atoms in total. The number of aliphatic hydroxyl groups is 1. The van der Waals surface area contributed by atoms with Crippen molar-refractivity contribution in [1.29, 1.82) is 0 Å². The van der Waals surface area contributed by atoms with Crippen LogP contribution in [0.2, 0.25) is 0 Å². The normalized spacial score (nSPS) is 48.1. The second kappa shape index (κ2) is 6.20. The van der Waals surface area contributed by atoms with Crippen molar-refractivity contribution < 1.29 is 5.11 Å². The summed E-state index contributed by atoms with van der Waals surface area (Å²) in [5.74, 6) is 3.33. The largest absolute Gasteiger partial charge is 0.388 e. The Morgan fingerprint density at radius 2 is 1.93 bits per heavy atom. The summed E-state index contributed by atoms with van der Waals surface area (Å²) in [5, 5.41) is 15.6. The molecular weight excluding hydrogens is 332 g/mol. The first kappa shape index (κ1) is 18.0. The number of aromatic nitrogens is 2. The summed E-state index contributed by atoms with van der Waals surface area (Å²) in [6, 6.07) is 0. The van der Waals surface area contributed by atoms with Crippen LogP contribution in [0.15, 0.2) is 18.0 Å². The van der Waals surface area contributed by atoms with Gasteiger partial charge in [0.05, 0.1) is 12.3 Å². The van der Waals surface area contributed by atoms with E-state index < -0.39 is 0 Å². The fraction of sp³-hybridized carbons (Fsp3) is 0.792. The van der Waals surface area contributed by atoms with Crippen molar-refractivity contribution >= 4 is 6.08 Å². The third-order valence-corrected chi connectivity index (χ3v) is 9.53. The maximum atomic E-state index is 11.3. The number of hydrogen-bond acceptors (Lipinski definition) is 2. The monoisotopic (exact) mass is 368 g/mol. The first-order chi connectivity index (χ1) is 12.9. The fourth-order valence-electron chi connectivity index (χ4n) is 8.02. The van der Waals surface area contributed by atoms with Gasteiger partial charge in [0.1, 0.15) is 0 Å². The Hall–Kier alpha value is -1.09. The van der Waals surface area contributed by atoms with Gasteiger partial charge in [-0.1, -0.05) is 32.8 Å². The maximum absolute atomic E-state index is 11.3. The number of nitrogens with zero attached hydrogens (tertiary/aromatic N) is 2. The SMILES string of the molecule is Cn1cc(/C=C2\C[C@H]3[C@@H]4CC[C@@H]5CCCC[C@]5(C)[C@H]4CC[C@]3(C)[C@@H]2O)cn1. The van der Waals surface area contributed by atoms with Crippen molar-refractivity contribution in [3.05, 3.63) is 23.5 Å². The topological polar surface area (TPSA) is 38.0 Å². The minimum atomic E-state index is -0.277.